The number of carbonyl (C=O) groups excluding carboxylic acids is 1. The maximum atomic E-state index is 11.6. The maximum absolute atomic E-state index is 11.6. The van der Waals surface area contributed by atoms with Gasteiger partial charge in [-0.25, -0.2) is 9.78 Å². The highest BCUT2D eigenvalue weighted by atomic mass is 35.5. The molecule has 0 fully saturated rings. The van der Waals surface area contributed by atoms with Gasteiger partial charge in [0.05, 0.1) is 11.8 Å². The number of amides is 1. The van der Waals surface area contributed by atoms with Gasteiger partial charge in [0.2, 0.25) is 5.00 Å². The molecule has 0 aliphatic rings. The van der Waals surface area contributed by atoms with Crippen molar-refractivity contribution < 1.29 is 24.5 Å². The minimum atomic E-state index is -2.26. The number of pyridine rings is 1. The Kier molecular flexibility index (Phi) is 4.54. The molecular formula is C15H16ClN3O5. The third kappa shape index (κ3) is 3.06. The second kappa shape index (κ2) is 6.14. The molecule has 1 heterocycles. The van der Waals surface area contributed by atoms with Crippen LogP contribution in [0.1, 0.15) is 30.0 Å². The molecule has 24 heavy (non-hydrogen) atoms. The zero-order valence-corrected chi connectivity index (χ0v) is 13.7. The monoisotopic (exact) mass is 353 g/mol. The van der Waals surface area contributed by atoms with Crippen LogP contribution in [-0.4, -0.2) is 33.2 Å². The number of carboxylic acids is 1. The van der Waals surface area contributed by atoms with Gasteiger partial charge in [-0.3, -0.25) is 10.5 Å². The Morgan fingerprint density at radius 3 is 2.46 bits per heavy atom. The van der Waals surface area contributed by atoms with Crippen LogP contribution >= 0.6 is 11.6 Å². The standard InChI is InChI=1S/C15H16ClN3O5/c1-6(2)24-7-3-4-8-9(5-7)12(15(16,18)14(17)23)19-10(11(8)20)13(21)22/h3-6,20H,18H2,1-2H3,(H2,17,23)(H,21,22). The number of hydrogen-bond donors (Lipinski definition) is 4. The number of aromatic hydroxyl groups is 1. The van der Waals surface area contributed by atoms with Crippen molar-refractivity contribution in [1.29, 1.82) is 0 Å². The second-order valence-corrected chi connectivity index (χ2v) is 6.01. The molecule has 2 rings (SSSR count). The highest BCUT2D eigenvalue weighted by molar-refractivity contribution is 6.34. The number of ether oxygens (including phenoxy) is 1. The summed E-state index contributed by atoms with van der Waals surface area (Å²) in [6, 6.07) is 4.41. The fourth-order valence-corrected chi connectivity index (χ4v) is 2.31. The lowest BCUT2D eigenvalue weighted by Gasteiger charge is -2.21. The zero-order chi connectivity index (χ0) is 18.2. The van der Waals surface area contributed by atoms with Crippen LogP contribution in [0.5, 0.6) is 11.5 Å². The summed E-state index contributed by atoms with van der Waals surface area (Å²) in [7, 11) is 0. The number of primary amides is 1. The number of rotatable bonds is 5. The van der Waals surface area contributed by atoms with Crippen molar-refractivity contribution in [3.05, 3.63) is 29.6 Å². The molecule has 0 radical (unpaired) electrons. The molecule has 128 valence electrons. The molecule has 1 aromatic heterocycles. The third-order valence-electron chi connectivity index (χ3n) is 3.23. The van der Waals surface area contributed by atoms with Crippen LogP contribution in [-0.2, 0) is 9.79 Å². The molecule has 1 amide bonds. The quantitative estimate of drug-likeness (QED) is 0.467. The number of aromatic nitrogens is 1. The molecule has 1 unspecified atom stereocenters. The van der Waals surface area contributed by atoms with Gasteiger partial charge in [-0.2, -0.15) is 0 Å². The number of carboxylic acid groups (broad SMARTS) is 1. The van der Waals surface area contributed by atoms with Crippen LogP contribution in [0.25, 0.3) is 10.8 Å². The van der Waals surface area contributed by atoms with E-state index < -0.39 is 28.3 Å². The van der Waals surface area contributed by atoms with Crippen LogP contribution in [0.3, 0.4) is 0 Å². The summed E-state index contributed by atoms with van der Waals surface area (Å²) in [5.41, 5.74) is 9.96. The highest BCUT2D eigenvalue weighted by Gasteiger charge is 2.37. The summed E-state index contributed by atoms with van der Waals surface area (Å²) >= 11 is 5.99. The van der Waals surface area contributed by atoms with Gasteiger partial charge in [0, 0.05) is 10.8 Å². The number of nitrogens with two attached hydrogens (primary N) is 2. The van der Waals surface area contributed by atoms with E-state index in [0.717, 1.165) is 0 Å². The minimum absolute atomic E-state index is 0.102. The molecular weight excluding hydrogens is 338 g/mol. The molecule has 0 aliphatic carbocycles. The number of nitrogens with zero attached hydrogens (tertiary/aromatic N) is 1. The molecule has 8 nitrogen and oxygen atoms in total. The first-order valence-corrected chi connectivity index (χ1v) is 7.28. The molecule has 6 N–H and O–H groups in total. The van der Waals surface area contributed by atoms with E-state index in [-0.39, 0.29) is 22.6 Å². The van der Waals surface area contributed by atoms with E-state index in [4.69, 9.17) is 27.8 Å². The Hall–Kier alpha value is -2.58. The molecule has 2 aromatic rings. The molecule has 1 aromatic carbocycles. The normalized spacial score (nSPS) is 13.7. The number of alkyl halides is 1. The van der Waals surface area contributed by atoms with Crippen molar-refractivity contribution in [3.8, 4) is 11.5 Å². The number of carbonyl (C=O) groups is 2. The number of fused-ring (bicyclic) bond motifs is 1. The summed E-state index contributed by atoms with van der Waals surface area (Å²) in [5.74, 6) is -2.79. The van der Waals surface area contributed by atoms with Crippen LogP contribution in [0.15, 0.2) is 18.2 Å². The van der Waals surface area contributed by atoms with E-state index in [0.29, 0.717) is 5.75 Å². The van der Waals surface area contributed by atoms with Crippen LogP contribution in [0.2, 0.25) is 0 Å². The maximum Gasteiger partial charge on any atom is 0.358 e. The smallest absolute Gasteiger partial charge is 0.358 e. The van der Waals surface area contributed by atoms with Crippen LogP contribution in [0.4, 0.5) is 0 Å². The van der Waals surface area contributed by atoms with E-state index in [1.165, 1.54) is 18.2 Å². The van der Waals surface area contributed by atoms with Gasteiger partial charge in [-0.15, -0.1) is 0 Å². The first-order valence-electron chi connectivity index (χ1n) is 6.90. The number of aromatic carboxylic acids is 1. The molecule has 1 atom stereocenters. The van der Waals surface area contributed by atoms with Crippen molar-refractivity contribution in [2.24, 2.45) is 11.5 Å². The van der Waals surface area contributed by atoms with Gasteiger partial charge >= 0.3 is 5.97 Å². The highest BCUT2D eigenvalue weighted by Crippen LogP contribution is 2.37. The topological polar surface area (TPSA) is 149 Å². The zero-order valence-electron chi connectivity index (χ0n) is 12.9. The summed E-state index contributed by atoms with van der Waals surface area (Å²) in [6.07, 6.45) is -0.138. The predicted molar refractivity (Wildman–Crippen MR) is 87.0 cm³/mol. The van der Waals surface area contributed by atoms with Crippen molar-refractivity contribution in [2.75, 3.05) is 0 Å². The predicted octanol–water partition coefficient (Wildman–Crippen LogP) is 1.26. The van der Waals surface area contributed by atoms with Crippen molar-refractivity contribution >= 4 is 34.2 Å². The second-order valence-electron chi connectivity index (χ2n) is 5.41. The SMILES string of the molecule is CC(C)Oc1ccc2c(O)c(C(=O)O)nc(C(N)(Cl)C(N)=O)c2c1. The lowest BCUT2D eigenvalue weighted by Crippen LogP contribution is -2.45. The number of hydrogen-bond acceptors (Lipinski definition) is 6. The van der Waals surface area contributed by atoms with Gasteiger partial charge in [0.15, 0.2) is 11.4 Å². The fourth-order valence-electron chi connectivity index (χ4n) is 2.17. The van der Waals surface area contributed by atoms with Gasteiger partial charge in [0.1, 0.15) is 5.75 Å². The third-order valence-corrected chi connectivity index (χ3v) is 3.59. The molecule has 9 heteroatoms. The van der Waals surface area contributed by atoms with Crippen molar-refractivity contribution in [3.63, 3.8) is 0 Å². The lowest BCUT2D eigenvalue weighted by atomic mass is 10.0. The average molecular weight is 354 g/mol. The van der Waals surface area contributed by atoms with Crippen molar-refractivity contribution in [1.82, 2.24) is 4.98 Å². The Morgan fingerprint density at radius 2 is 1.96 bits per heavy atom. The Bertz CT molecular complexity index is 835. The minimum Gasteiger partial charge on any atom is -0.505 e. The summed E-state index contributed by atoms with van der Waals surface area (Å²) in [4.78, 5) is 24.4. The van der Waals surface area contributed by atoms with E-state index in [1.54, 1.807) is 0 Å². The van der Waals surface area contributed by atoms with Gasteiger partial charge < -0.3 is 20.7 Å². The lowest BCUT2D eigenvalue weighted by molar-refractivity contribution is -0.120. The van der Waals surface area contributed by atoms with Gasteiger partial charge in [-0.05, 0) is 32.0 Å². The Labute approximate surface area is 142 Å². The Balaban J connectivity index is 2.87. The van der Waals surface area contributed by atoms with Gasteiger partial charge in [-0.1, -0.05) is 11.6 Å². The summed E-state index contributed by atoms with van der Waals surface area (Å²) < 4.78 is 5.54. The van der Waals surface area contributed by atoms with Crippen molar-refractivity contribution in [2.45, 2.75) is 24.9 Å². The molecule has 0 spiro atoms. The Morgan fingerprint density at radius 1 is 1.33 bits per heavy atom. The fraction of sp³-hybridized carbons (Fsp3) is 0.267. The number of benzene rings is 1. The first-order chi connectivity index (χ1) is 11.1. The van der Waals surface area contributed by atoms with Crippen LogP contribution in [0, 0.1) is 0 Å². The van der Waals surface area contributed by atoms with Crippen LogP contribution < -0.4 is 16.2 Å². The van der Waals surface area contributed by atoms with E-state index >= 15 is 0 Å². The molecule has 0 aliphatic heterocycles. The molecule has 0 saturated carbocycles. The summed E-state index contributed by atoms with van der Waals surface area (Å²) in [6.45, 7) is 3.62. The number of halogens is 1. The molecule has 0 saturated heterocycles. The average Bonchev–Trinajstić information content (AvgIpc) is 2.45. The molecule has 0 bridgehead atoms. The summed E-state index contributed by atoms with van der Waals surface area (Å²) in [5, 5.41) is 19.6. The van der Waals surface area contributed by atoms with E-state index in [1.807, 2.05) is 13.8 Å². The first kappa shape index (κ1) is 17.8. The van der Waals surface area contributed by atoms with Gasteiger partial charge in [0.25, 0.3) is 5.91 Å². The van der Waals surface area contributed by atoms with E-state index in [9.17, 15) is 19.8 Å². The van der Waals surface area contributed by atoms with E-state index in [2.05, 4.69) is 4.98 Å². The largest absolute Gasteiger partial charge is 0.505 e.